The van der Waals surface area contributed by atoms with Crippen molar-refractivity contribution in [1.29, 1.82) is 5.26 Å². The molecule has 1 aliphatic rings. The first-order chi connectivity index (χ1) is 6.02. The van der Waals surface area contributed by atoms with E-state index in [2.05, 4.69) is 0 Å². The monoisotopic (exact) mass is 203 g/mol. The molecule has 0 heterocycles. The highest BCUT2D eigenvalue weighted by Gasteiger charge is 2.61. The summed E-state index contributed by atoms with van der Waals surface area (Å²) in [6.45, 7) is 1.82. The van der Waals surface area contributed by atoms with Crippen LogP contribution >= 0.6 is 0 Å². The number of methoxy groups -OCH3 is 1. The van der Waals surface area contributed by atoms with Crippen molar-refractivity contribution in [1.82, 2.24) is 0 Å². The Morgan fingerprint density at radius 2 is 2.31 bits per heavy atom. The van der Waals surface area contributed by atoms with Gasteiger partial charge in [-0.15, -0.1) is 0 Å². The molecule has 0 radical (unpaired) electrons. The van der Waals surface area contributed by atoms with E-state index < -0.39 is 20.5 Å². The van der Waals surface area contributed by atoms with E-state index in [0.29, 0.717) is 6.42 Å². The zero-order valence-electron chi connectivity index (χ0n) is 7.78. The zero-order valence-corrected chi connectivity index (χ0v) is 8.60. The van der Waals surface area contributed by atoms with Gasteiger partial charge in [0.2, 0.25) is 0 Å². The Morgan fingerprint density at radius 3 is 2.69 bits per heavy atom. The Labute approximate surface area is 78.4 Å². The summed E-state index contributed by atoms with van der Waals surface area (Å²) in [4.78, 5) is 0. The molecule has 1 aliphatic carbocycles. The van der Waals surface area contributed by atoms with Gasteiger partial charge in [0, 0.05) is 12.9 Å². The molecule has 2 atom stereocenters. The number of rotatable bonds is 4. The van der Waals surface area contributed by atoms with E-state index in [9.17, 15) is 8.42 Å². The lowest BCUT2D eigenvalue weighted by molar-refractivity contribution is 0.164. The van der Waals surface area contributed by atoms with E-state index in [1.807, 2.05) is 6.07 Å². The van der Waals surface area contributed by atoms with Crippen LogP contribution in [0.3, 0.4) is 0 Å². The Balaban J connectivity index is 2.78. The molecular formula is C8H13NO3S. The molecule has 0 saturated heterocycles. The minimum Gasteiger partial charge on any atom is -0.383 e. The third-order valence-corrected chi connectivity index (χ3v) is 4.76. The third-order valence-electron chi connectivity index (χ3n) is 2.47. The van der Waals surface area contributed by atoms with Gasteiger partial charge in [-0.1, -0.05) is 6.92 Å². The van der Waals surface area contributed by atoms with Crippen molar-refractivity contribution in [3.05, 3.63) is 0 Å². The van der Waals surface area contributed by atoms with Crippen LogP contribution < -0.4 is 0 Å². The molecule has 1 rings (SSSR count). The fourth-order valence-electron chi connectivity index (χ4n) is 1.50. The van der Waals surface area contributed by atoms with Gasteiger partial charge in [0.15, 0.2) is 9.84 Å². The van der Waals surface area contributed by atoms with Gasteiger partial charge in [-0.05, 0) is 6.42 Å². The number of ether oxygens (including phenoxy) is 1. The predicted molar refractivity (Wildman–Crippen MR) is 47.8 cm³/mol. The van der Waals surface area contributed by atoms with Crippen LogP contribution in [0.4, 0.5) is 0 Å². The smallest absolute Gasteiger partial charge is 0.154 e. The van der Waals surface area contributed by atoms with Crippen LogP contribution in [-0.4, -0.2) is 33.1 Å². The molecule has 0 amide bonds. The van der Waals surface area contributed by atoms with E-state index >= 15 is 0 Å². The van der Waals surface area contributed by atoms with Crippen molar-refractivity contribution in [2.45, 2.75) is 18.6 Å². The van der Waals surface area contributed by atoms with Crippen LogP contribution in [0, 0.1) is 16.7 Å². The largest absolute Gasteiger partial charge is 0.383 e. The first kappa shape index (κ1) is 10.5. The van der Waals surface area contributed by atoms with Crippen molar-refractivity contribution >= 4 is 9.84 Å². The highest BCUT2D eigenvalue weighted by atomic mass is 32.2. The maximum atomic E-state index is 11.4. The van der Waals surface area contributed by atoms with Gasteiger partial charge in [0.05, 0.1) is 23.3 Å². The molecule has 5 heteroatoms. The van der Waals surface area contributed by atoms with Crippen LogP contribution in [0.5, 0.6) is 0 Å². The van der Waals surface area contributed by atoms with Crippen molar-refractivity contribution < 1.29 is 13.2 Å². The van der Waals surface area contributed by atoms with Crippen LogP contribution in [0.2, 0.25) is 0 Å². The first-order valence-electron chi connectivity index (χ1n) is 4.14. The molecule has 0 N–H and O–H groups in total. The van der Waals surface area contributed by atoms with E-state index in [1.165, 1.54) is 7.11 Å². The minimum absolute atomic E-state index is 0.102. The number of hydrogen-bond donors (Lipinski definition) is 0. The summed E-state index contributed by atoms with van der Waals surface area (Å²) in [5.41, 5.74) is -0.760. The Morgan fingerprint density at radius 1 is 1.69 bits per heavy atom. The van der Waals surface area contributed by atoms with Crippen LogP contribution in [0.1, 0.15) is 13.3 Å². The standard InChI is InChI=1S/C8H13NO3S/c1-3-13(10,11)7-4-8(7,5-9)6-12-2/h7H,3-4,6H2,1-2H3. The second-order valence-corrected chi connectivity index (χ2v) is 5.82. The molecule has 1 saturated carbocycles. The fourth-order valence-corrected chi connectivity index (χ4v) is 3.27. The molecule has 0 aromatic rings. The Hall–Kier alpha value is -0.600. The van der Waals surface area contributed by atoms with Gasteiger partial charge in [-0.3, -0.25) is 0 Å². The molecule has 0 spiro atoms. The second kappa shape index (κ2) is 3.28. The lowest BCUT2D eigenvalue weighted by Crippen LogP contribution is -2.20. The van der Waals surface area contributed by atoms with Crippen molar-refractivity contribution in [3.8, 4) is 6.07 Å². The van der Waals surface area contributed by atoms with Gasteiger partial charge in [0.1, 0.15) is 0 Å². The zero-order chi connectivity index (χ0) is 10.1. The van der Waals surface area contributed by atoms with Crippen LogP contribution in [0.15, 0.2) is 0 Å². The lowest BCUT2D eigenvalue weighted by Gasteiger charge is -2.06. The summed E-state index contributed by atoms with van der Waals surface area (Å²) in [5, 5.41) is 8.32. The normalized spacial score (nSPS) is 32.5. The summed E-state index contributed by atoms with van der Waals surface area (Å²) >= 11 is 0. The van der Waals surface area contributed by atoms with Crippen molar-refractivity contribution in [2.75, 3.05) is 19.5 Å². The third kappa shape index (κ3) is 1.69. The number of hydrogen-bond acceptors (Lipinski definition) is 4. The molecule has 13 heavy (non-hydrogen) atoms. The molecule has 2 unspecified atom stereocenters. The van der Waals surface area contributed by atoms with Crippen LogP contribution in [-0.2, 0) is 14.6 Å². The van der Waals surface area contributed by atoms with Gasteiger partial charge in [-0.2, -0.15) is 5.26 Å². The maximum absolute atomic E-state index is 11.4. The number of sulfone groups is 1. The summed E-state index contributed by atoms with van der Waals surface area (Å²) in [6.07, 6.45) is 0.424. The topological polar surface area (TPSA) is 67.2 Å². The Kier molecular flexibility index (Phi) is 2.64. The molecule has 1 fully saturated rings. The van der Waals surface area contributed by atoms with Crippen molar-refractivity contribution in [3.63, 3.8) is 0 Å². The SMILES string of the molecule is CCS(=O)(=O)C1CC1(C#N)COC. The number of nitriles is 1. The Bertz CT molecular complexity index is 330. The maximum Gasteiger partial charge on any atom is 0.154 e. The van der Waals surface area contributed by atoms with Gasteiger partial charge in [0.25, 0.3) is 0 Å². The predicted octanol–water partition coefficient (Wildman–Crippen LogP) is 0.350. The molecule has 0 bridgehead atoms. The van der Waals surface area contributed by atoms with Crippen LogP contribution in [0.25, 0.3) is 0 Å². The van der Waals surface area contributed by atoms with E-state index in [0.717, 1.165) is 0 Å². The minimum atomic E-state index is -3.07. The summed E-state index contributed by atoms with van der Waals surface area (Å²) in [5.74, 6) is 0.102. The van der Waals surface area contributed by atoms with Gasteiger partial charge in [-0.25, -0.2) is 8.42 Å². The van der Waals surface area contributed by atoms with Crippen molar-refractivity contribution in [2.24, 2.45) is 5.41 Å². The fraction of sp³-hybridized carbons (Fsp3) is 0.875. The van der Waals surface area contributed by atoms with E-state index in [4.69, 9.17) is 10.00 Å². The van der Waals surface area contributed by atoms with E-state index in [-0.39, 0.29) is 12.4 Å². The average Bonchev–Trinajstić information content (AvgIpc) is 2.82. The molecule has 74 valence electrons. The summed E-state index contributed by atoms with van der Waals surface area (Å²) < 4.78 is 27.7. The molecular weight excluding hydrogens is 190 g/mol. The molecule has 4 nitrogen and oxygen atoms in total. The van der Waals surface area contributed by atoms with E-state index in [1.54, 1.807) is 6.92 Å². The summed E-state index contributed by atoms with van der Waals surface area (Å²) in [7, 11) is -1.59. The van der Waals surface area contributed by atoms with Gasteiger partial charge >= 0.3 is 0 Å². The summed E-state index contributed by atoms with van der Waals surface area (Å²) in [6, 6.07) is 2.04. The number of nitrogens with zero attached hydrogens (tertiary/aromatic N) is 1. The second-order valence-electron chi connectivity index (χ2n) is 3.35. The first-order valence-corrected chi connectivity index (χ1v) is 5.85. The highest BCUT2D eigenvalue weighted by Crippen LogP contribution is 2.50. The molecule has 0 aliphatic heterocycles. The quantitative estimate of drug-likeness (QED) is 0.661. The molecule has 0 aromatic carbocycles. The molecule has 0 aromatic heterocycles. The average molecular weight is 203 g/mol. The van der Waals surface area contributed by atoms with Gasteiger partial charge < -0.3 is 4.74 Å². The highest BCUT2D eigenvalue weighted by molar-refractivity contribution is 7.92. The lowest BCUT2D eigenvalue weighted by atomic mass is 10.1.